The number of hydrogen-bond acceptors (Lipinski definition) is 3. The molecule has 4 atom stereocenters. The van der Waals surface area contributed by atoms with Crippen LogP contribution in [0.2, 0.25) is 0 Å². The van der Waals surface area contributed by atoms with Crippen LogP contribution in [0.1, 0.15) is 46.0 Å². The first-order chi connectivity index (χ1) is 9.63. The normalized spacial score (nSPS) is 44.9. The lowest BCUT2D eigenvalue weighted by Gasteiger charge is -2.50. The van der Waals surface area contributed by atoms with Crippen molar-refractivity contribution in [1.29, 1.82) is 0 Å². The molecule has 3 aliphatic heterocycles. The molecule has 116 valence electrons. The van der Waals surface area contributed by atoms with Gasteiger partial charge in [0.05, 0.1) is 0 Å². The van der Waals surface area contributed by atoms with Gasteiger partial charge in [-0.15, -0.1) is 0 Å². The Labute approximate surface area is 125 Å². The summed E-state index contributed by atoms with van der Waals surface area (Å²) >= 11 is 0. The van der Waals surface area contributed by atoms with Crippen molar-refractivity contribution in [2.24, 2.45) is 11.8 Å². The molecule has 0 radical (unpaired) electrons. The Kier molecular flexibility index (Phi) is 4.68. The van der Waals surface area contributed by atoms with E-state index in [-0.39, 0.29) is 0 Å². The van der Waals surface area contributed by atoms with Gasteiger partial charge >= 0.3 is 0 Å². The average Bonchev–Trinajstić information content (AvgIpc) is 2.35. The van der Waals surface area contributed by atoms with E-state index in [0.29, 0.717) is 0 Å². The summed E-state index contributed by atoms with van der Waals surface area (Å²) < 4.78 is 0. The molecule has 3 heterocycles. The third kappa shape index (κ3) is 3.20. The highest BCUT2D eigenvalue weighted by Gasteiger charge is 2.38. The van der Waals surface area contributed by atoms with Gasteiger partial charge in [0.2, 0.25) is 0 Å². The van der Waals surface area contributed by atoms with Gasteiger partial charge in [0.25, 0.3) is 0 Å². The van der Waals surface area contributed by atoms with Crippen molar-refractivity contribution in [2.75, 3.05) is 33.2 Å². The lowest BCUT2D eigenvalue weighted by Crippen LogP contribution is -2.57. The first-order valence-electron chi connectivity index (χ1n) is 8.80. The molecule has 2 bridgehead atoms. The van der Waals surface area contributed by atoms with E-state index < -0.39 is 0 Å². The van der Waals surface area contributed by atoms with E-state index in [4.69, 9.17) is 0 Å². The highest BCUT2D eigenvalue weighted by atomic mass is 15.2. The lowest BCUT2D eigenvalue weighted by molar-refractivity contribution is -0.00137. The molecule has 1 N–H and O–H groups in total. The molecule has 0 spiro atoms. The molecule has 0 saturated carbocycles. The molecule has 3 saturated heterocycles. The summed E-state index contributed by atoms with van der Waals surface area (Å²) in [5, 5.41) is 3.62. The second kappa shape index (κ2) is 6.33. The van der Waals surface area contributed by atoms with Crippen molar-refractivity contribution in [1.82, 2.24) is 15.1 Å². The molecule has 3 rings (SSSR count). The van der Waals surface area contributed by atoms with Crippen LogP contribution in [0.15, 0.2) is 0 Å². The Morgan fingerprint density at radius 2 is 1.40 bits per heavy atom. The van der Waals surface area contributed by atoms with Gasteiger partial charge in [-0.1, -0.05) is 20.3 Å². The molecular weight excluding hydrogens is 246 g/mol. The zero-order chi connectivity index (χ0) is 14.1. The van der Waals surface area contributed by atoms with Gasteiger partial charge in [-0.05, 0) is 57.7 Å². The molecule has 0 aromatic heterocycles. The monoisotopic (exact) mass is 279 g/mol. The summed E-state index contributed by atoms with van der Waals surface area (Å²) in [6.07, 6.45) is 7.16. The number of piperidine rings is 2. The number of hydrogen-bond donors (Lipinski definition) is 1. The summed E-state index contributed by atoms with van der Waals surface area (Å²) in [4.78, 5) is 5.55. The quantitative estimate of drug-likeness (QED) is 0.794. The average molecular weight is 279 g/mol. The fourth-order valence-electron chi connectivity index (χ4n) is 4.76. The Balaban J connectivity index is 1.67. The maximum atomic E-state index is 3.62. The summed E-state index contributed by atoms with van der Waals surface area (Å²) in [7, 11) is 2.37. The van der Waals surface area contributed by atoms with Gasteiger partial charge in [-0.3, -0.25) is 4.90 Å². The molecule has 20 heavy (non-hydrogen) atoms. The summed E-state index contributed by atoms with van der Waals surface area (Å²) in [5.74, 6) is 1.59. The molecular formula is C17H33N3. The molecule has 0 amide bonds. The predicted molar refractivity (Wildman–Crippen MR) is 85.0 cm³/mol. The van der Waals surface area contributed by atoms with E-state index in [0.717, 1.165) is 30.0 Å². The number of nitrogens with zero attached hydrogens (tertiary/aromatic N) is 2. The third-order valence-corrected chi connectivity index (χ3v) is 5.91. The standard InChI is InChI=1S/C17H33N3/c1-13-9-18-10-14(2)12-20(11-13)17-7-15-5-4-6-16(8-17)19(15)3/h13-18H,4-12H2,1-3H3. The SMILES string of the molecule is CC1CNCC(C)CN(C2CC3CCCC(C2)N3C)C1. The van der Waals surface area contributed by atoms with Crippen LogP contribution in [-0.4, -0.2) is 61.2 Å². The van der Waals surface area contributed by atoms with E-state index in [2.05, 4.69) is 36.0 Å². The minimum Gasteiger partial charge on any atom is -0.316 e. The van der Waals surface area contributed by atoms with E-state index >= 15 is 0 Å². The Hall–Kier alpha value is -0.120. The van der Waals surface area contributed by atoms with Crippen LogP contribution in [0, 0.1) is 11.8 Å². The molecule has 0 aromatic rings. The zero-order valence-corrected chi connectivity index (χ0v) is 13.6. The van der Waals surface area contributed by atoms with Crippen LogP contribution in [0.3, 0.4) is 0 Å². The Bertz CT molecular complexity index is 293. The molecule has 3 nitrogen and oxygen atoms in total. The Morgan fingerprint density at radius 1 is 0.850 bits per heavy atom. The van der Waals surface area contributed by atoms with Crippen molar-refractivity contribution in [2.45, 2.75) is 64.1 Å². The summed E-state index contributed by atoms with van der Waals surface area (Å²) in [5.41, 5.74) is 0. The molecule has 0 aromatic carbocycles. The van der Waals surface area contributed by atoms with E-state index in [1.807, 2.05) is 0 Å². The van der Waals surface area contributed by atoms with Crippen molar-refractivity contribution in [3.8, 4) is 0 Å². The van der Waals surface area contributed by atoms with Crippen LogP contribution in [0.4, 0.5) is 0 Å². The van der Waals surface area contributed by atoms with Crippen molar-refractivity contribution < 1.29 is 0 Å². The van der Waals surface area contributed by atoms with Crippen molar-refractivity contribution >= 4 is 0 Å². The van der Waals surface area contributed by atoms with Gasteiger partial charge < -0.3 is 10.2 Å². The van der Waals surface area contributed by atoms with Gasteiger partial charge in [0.15, 0.2) is 0 Å². The minimum absolute atomic E-state index is 0.794. The van der Waals surface area contributed by atoms with E-state index in [1.165, 1.54) is 58.3 Å². The van der Waals surface area contributed by atoms with Gasteiger partial charge in [-0.2, -0.15) is 0 Å². The van der Waals surface area contributed by atoms with Crippen LogP contribution in [0.25, 0.3) is 0 Å². The zero-order valence-electron chi connectivity index (χ0n) is 13.6. The first-order valence-corrected chi connectivity index (χ1v) is 8.80. The first kappa shape index (κ1) is 14.8. The fraction of sp³-hybridized carbons (Fsp3) is 1.00. The number of fused-ring (bicyclic) bond motifs is 2. The van der Waals surface area contributed by atoms with Gasteiger partial charge in [0, 0.05) is 31.2 Å². The molecule has 4 unspecified atom stereocenters. The third-order valence-electron chi connectivity index (χ3n) is 5.91. The molecule has 3 fully saturated rings. The maximum absolute atomic E-state index is 3.62. The van der Waals surface area contributed by atoms with Crippen LogP contribution >= 0.6 is 0 Å². The van der Waals surface area contributed by atoms with Crippen LogP contribution in [0.5, 0.6) is 0 Å². The highest BCUT2D eigenvalue weighted by molar-refractivity contribution is 4.95. The summed E-state index contributed by atoms with van der Waals surface area (Å²) in [6, 6.07) is 2.58. The van der Waals surface area contributed by atoms with Crippen LogP contribution in [-0.2, 0) is 0 Å². The second-order valence-corrected chi connectivity index (χ2v) is 7.85. The van der Waals surface area contributed by atoms with Gasteiger partial charge in [0.1, 0.15) is 0 Å². The van der Waals surface area contributed by atoms with E-state index in [1.54, 1.807) is 0 Å². The maximum Gasteiger partial charge on any atom is 0.0125 e. The summed E-state index contributed by atoms with van der Waals surface area (Å²) in [6.45, 7) is 9.80. The largest absolute Gasteiger partial charge is 0.316 e. The second-order valence-electron chi connectivity index (χ2n) is 7.85. The van der Waals surface area contributed by atoms with E-state index in [9.17, 15) is 0 Å². The number of rotatable bonds is 1. The molecule has 3 heteroatoms. The van der Waals surface area contributed by atoms with Crippen LogP contribution < -0.4 is 5.32 Å². The number of nitrogens with one attached hydrogen (secondary N) is 1. The fourth-order valence-corrected chi connectivity index (χ4v) is 4.76. The van der Waals surface area contributed by atoms with Crippen molar-refractivity contribution in [3.63, 3.8) is 0 Å². The lowest BCUT2D eigenvalue weighted by atomic mass is 9.81. The van der Waals surface area contributed by atoms with Crippen molar-refractivity contribution in [3.05, 3.63) is 0 Å². The topological polar surface area (TPSA) is 18.5 Å². The minimum atomic E-state index is 0.794. The molecule has 0 aliphatic carbocycles. The van der Waals surface area contributed by atoms with Gasteiger partial charge in [-0.25, -0.2) is 0 Å². The molecule has 3 aliphatic rings. The predicted octanol–water partition coefficient (Wildman–Crippen LogP) is 2.18. The Morgan fingerprint density at radius 3 is 1.95 bits per heavy atom. The highest BCUT2D eigenvalue weighted by Crippen LogP contribution is 2.35. The smallest absolute Gasteiger partial charge is 0.0125 e.